The second-order valence-electron chi connectivity index (χ2n) is 2.57. The number of hydrogen-bond donors (Lipinski definition) is 0. The van der Waals surface area contributed by atoms with E-state index in [0.29, 0.717) is 6.42 Å². The van der Waals surface area contributed by atoms with Gasteiger partial charge in [-0.3, -0.25) is 0 Å². The van der Waals surface area contributed by atoms with Crippen molar-refractivity contribution in [2.75, 3.05) is 0 Å². The maximum absolute atomic E-state index is 11.9. The summed E-state index contributed by atoms with van der Waals surface area (Å²) in [4.78, 5) is 0.179. The fraction of sp³-hybridized carbons (Fsp3) is 0.200. The molecule has 0 heterocycles. The fourth-order valence-corrected chi connectivity index (χ4v) is 1.47. The van der Waals surface area contributed by atoms with Crippen molar-refractivity contribution in [2.45, 2.75) is 16.8 Å². The standard InChI is InChI=1S/C10H7F3S/c1-2-3-8-4-6-9(7-5-8)14-10(11,12)13/h1,4-7H,3H2. The first-order chi connectivity index (χ1) is 6.51. The zero-order valence-corrected chi connectivity index (χ0v) is 7.95. The van der Waals surface area contributed by atoms with Crippen molar-refractivity contribution in [1.82, 2.24) is 0 Å². The van der Waals surface area contributed by atoms with E-state index < -0.39 is 5.51 Å². The molecule has 0 aliphatic heterocycles. The third-order valence-corrected chi connectivity index (χ3v) is 2.20. The summed E-state index contributed by atoms with van der Waals surface area (Å²) in [6.07, 6.45) is 5.51. The minimum atomic E-state index is -4.23. The van der Waals surface area contributed by atoms with Crippen LogP contribution in [0.4, 0.5) is 13.2 Å². The highest BCUT2D eigenvalue weighted by Crippen LogP contribution is 2.36. The molecule has 0 fully saturated rings. The Morgan fingerprint density at radius 3 is 2.21 bits per heavy atom. The van der Waals surface area contributed by atoms with Crippen molar-refractivity contribution in [1.29, 1.82) is 0 Å². The number of thioether (sulfide) groups is 1. The van der Waals surface area contributed by atoms with Gasteiger partial charge >= 0.3 is 5.51 Å². The quantitative estimate of drug-likeness (QED) is 0.538. The molecule has 4 heteroatoms. The first kappa shape index (κ1) is 11.0. The molecule has 1 aromatic rings. The maximum atomic E-state index is 11.9. The molecule has 0 unspecified atom stereocenters. The lowest BCUT2D eigenvalue weighted by Gasteiger charge is -2.05. The Hall–Kier alpha value is -1.08. The normalized spacial score (nSPS) is 11.0. The monoisotopic (exact) mass is 216 g/mol. The van der Waals surface area contributed by atoms with Crippen molar-refractivity contribution in [2.24, 2.45) is 0 Å². The Balaban J connectivity index is 2.70. The van der Waals surface area contributed by atoms with E-state index in [2.05, 4.69) is 5.92 Å². The van der Waals surface area contributed by atoms with E-state index in [9.17, 15) is 13.2 Å². The Labute approximate surface area is 84.5 Å². The van der Waals surface area contributed by atoms with Crippen LogP contribution >= 0.6 is 11.8 Å². The lowest BCUT2D eigenvalue weighted by atomic mass is 10.2. The van der Waals surface area contributed by atoms with E-state index in [1.54, 1.807) is 12.1 Å². The summed E-state index contributed by atoms with van der Waals surface area (Å²) in [5, 5.41) is 0. The molecule has 0 aliphatic rings. The fourth-order valence-electron chi connectivity index (χ4n) is 0.927. The molecule has 0 amide bonds. The third kappa shape index (κ3) is 3.75. The summed E-state index contributed by atoms with van der Waals surface area (Å²) in [7, 11) is 0. The number of rotatable bonds is 2. The van der Waals surface area contributed by atoms with Crippen LogP contribution in [0.15, 0.2) is 29.2 Å². The first-order valence-electron chi connectivity index (χ1n) is 3.79. The molecule has 1 aromatic carbocycles. The molecule has 0 bridgehead atoms. The van der Waals surface area contributed by atoms with E-state index in [-0.39, 0.29) is 16.7 Å². The Morgan fingerprint density at radius 2 is 1.79 bits per heavy atom. The average Bonchev–Trinajstić information content (AvgIpc) is 2.06. The highest BCUT2D eigenvalue weighted by molar-refractivity contribution is 8.00. The van der Waals surface area contributed by atoms with Gasteiger partial charge in [-0.25, -0.2) is 0 Å². The molecule has 0 aromatic heterocycles. The summed E-state index contributed by atoms with van der Waals surface area (Å²) < 4.78 is 35.8. The van der Waals surface area contributed by atoms with E-state index >= 15 is 0 Å². The number of halogens is 3. The lowest BCUT2D eigenvalue weighted by molar-refractivity contribution is -0.0328. The third-order valence-electron chi connectivity index (χ3n) is 1.46. The second kappa shape index (κ2) is 4.43. The number of alkyl halides is 3. The van der Waals surface area contributed by atoms with Crippen LogP contribution in [0, 0.1) is 12.3 Å². The van der Waals surface area contributed by atoms with Gasteiger partial charge in [-0.2, -0.15) is 13.2 Å². The molecule has 0 spiro atoms. The van der Waals surface area contributed by atoms with Crippen LogP contribution < -0.4 is 0 Å². The molecular weight excluding hydrogens is 209 g/mol. The summed E-state index contributed by atoms with van der Waals surface area (Å²) in [6, 6.07) is 6.05. The van der Waals surface area contributed by atoms with Crippen LogP contribution in [-0.4, -0.2) is 5.51 Å². The van der Waals surface area contributed by atoms with Gasteiger partial charge < -0.3 is 0 Å². The average molecular weight is 216 g/mol. The Kier molecular flexibility index (Phi) is 3.48. The second-order valence-corrected chi connectivity index (χ2v) is 3.71. The zero-order valence-electron chi connectivity index (χ0n) is 7.14. The topological polar surface area (TPSA) is 0 Å². The minimum Gasteiger partial charge on any atom is -0.160 e. The van der Waals surface area contributed by atoms with Gasteiger partial charge in [-0.1, -0.05) is 12.1 Å². The van der Waals surface area contributed by atoms with Gasteiger partial charge in [0, 0.05) is 11.3 Å². The summed E-state index contributed by atoms with van der Waals surface area (Å²) in [6.45, 7) is 0. The highest BCUT2D eigenvalue weighted by atomic mass is 32.2. The van der Waals surface area contributed by atoms with Gasteiger partial charge in [0.05, 0.1) is 0 Å². The molecule has 0 atom stereocenters. The number of benzene rings is 1. The summed E-state index contributed by atoms with van der Waals surface area (Å²) in [5.74, 6) is 2.42. The molecule has 0 saturated carbocycles. The van der Waals surface area contributed by atoms with Crippen LogP contribution in [0.5, 0.6) is 0 Å². The number of terminal acetylenes is 1. The van der Waals surface area contributed by atoms with Crippen LogP contribution in [0.1, 0.15) is 5.56 Å². The zero-order chi connectivity index (χ0) is 10.6. The van der Waals surface area contributed by atoms with Gasteiger partial charge in [0.1, 0.15) is 0 Å². The summed E-state index contributed by atoms with van der Waals surface area (Å²) >= 11 is -0.124. The van der Waals surface area contributed by atoms with Crippen molar-refractivity contribution in [3.05, 3.63) is 29.8 Å². The summed E-state index contributed by atoms with van der Waals surface area (Å²) in [5.41, 5.74) is -3.38. The SMILES string of the molecule is C#CCc1ccc(SC(F)(F)F)cc1. The Morgan fingerprint density at radius 1 is 1.21 bits per heavy atom. The van der Waals surface area contributed by atoms with E-state index in [1.807, 2.05) is 0 Å². The maximum Gasteiger partial charge on any atom is 0.446 e. The van der Waals surface area contributed by atoms with Gasteiger partial charge in [0.2, 0.25) is 0 Å². The molecule has 0 N–H and O–H groups in total. The van der Waals surface area contributed by atoms with Crippen LogP contribution in [0.3, 0.4) is 0 Å². The molecule has 1 rings (SSSR count). The molecule has 0 radical (unpaired) electrons. The number of hydrogen-bond acceptors (Lipinski definition) is 1. The molecule has 0 saturated heterocycles. The molecular formula is C10H7F3S. The van der Waals surface area contributed by atoms with Crippen molar-refractivity contribution in [3.8, 4) is 12.3 Å². The van der Waals surface area contributed by atoms with Crippen molar-refractivity contribution < 1.29 is 13.2 Å². The first-order valence-corrected chi connectivity index (χ1v) is 4.61. The molecule has 14 heavy (non-hydrogen) atoms. The minimum absolute atomic E-state index is 0.124. The predicted molar refractivity (Wildman–Crippen MR) is 50.9 cm³/mol. The molecule has 0 nitrogen and oxygen atoms in total. The smallest absolute Gasteiger partial charge is 0.160 e. The van der Waals surface area contributed by atoms with Crippen LogP contribution in [-0.2, 0) is 6.42 Å². The van der Waals surface area contributed by atoms with Crippen molar-refractivity contribution in [3.63, 3.8) is 0 Å². The Bertz CT molecular complexity index is 332. The van der Waals surface area contributed by atoms with Gasteiger partial charge in [0.25, 0.3) is 0 Å². The molecule has 0 aliphatic carbocycles. The molecule has 74 valence electrons. The van der Waals surface area contributed by atoms with Crippen LogP contribution in [0.2, 0.25) is 0 Å². The van der Waals surface area contributed by atoms with Gasteiger partial charge in [-0.15, -0.1) is 12.3 Å². The van der Waals surface area contributed by atoms with E-state index in [4.69, 9.17) is 6.42 Å². The van der Waals surface area contributed by atoms with Crippen LogP contribution in [0.25, 0.3) is 0 Å². The van der Waals surface area contributed by atoms with E-state index in [1.165, 1.54) is 12.1 Å². The largest absolute Gasteiger partial charge is 0.446 e. The lowest BCUT2D eigenvalue weighted by Crippen LogP contribution is -1.98. The van der Waals surface area contributed by atoms with E-state index in [0.717, 1.165) is 5.56 Å². The highest BCUT2D eigenvalue weighted by Gasteiger charge is 2.28. The van der Waals surface area contributed by atoms with Gasteiger partial charge in [0.15, 0.2) is 0 Å². The predicted octanol–water partition coefficient (Wildman–Crippen LogP) is 3.47. The van der Waals surface area contributed by atoms with Gasteiger partial charge in [-0.05, 0) is 29.5 Å². The van der Waals surface area contributed by atoms with Crippen molar-refractivity contribution >= 4 is 11.8 Å².